The molecule has 1 aliphatic carbocycles. The molecule has 4 atom stereocenters. The molecule has 1 aliphatic rings. The summed E-state index contributed by atoms with van der Waals surface area (Å²) in [6.07, 6.45) is 0.440. The Morgan fingerprint density at radius 2 is 1.69 bits per heavy atom. The summed E-state index contributed by atoms with van der Waals surface area (Å²) >= 11 is 0. The van der Waals surface area contributed by atoms with Crippen molar-refractivity contribution >= 4 is 34.4 Å². The molecule has 0 aliphatic heterocycles. The summed E-state index contributed by atoms with van der Waals surface area (Å²) in [7, 11) is 0. The van der Waals surface area contributed by atoms with Crippen molar-refractivity contribution < 1.29 is 24.2 Å². The lowest BCUT2D eigenvalue weighted by Crippen LogP contribution is -2.53. The number of nitrogens with zero attached hydrogens (tertiary/aromatic N) is 1. The van der Waals surface area contributed by atoms with Crippen molar-refractivity contribution in [2.24, 2.45) is 11.8 Å². The number of fused-ring (bicyclic) bond motifs is 1. The highest BCUT2D eigenvalue weighted by molar-refractivity contribution is 6.00. The number of rotatable bonds is 9. The molecule has 42 heavy (non-hydrogen) atoms. The van der Waals surface area contributed by atoms with E-state index in [1.54, 1.807) is 50.8 Å². The second-order valence-electron chi connectivity index (χ2n) is 12.9. The normalized spacial score (nSPS) is 17.8. The molecular weight excluding hydrogens is 530 g/mol. The van der Waals surface area contributed by atoms with Crippen LogP contribution in [0, 0.1) is 18.8 Å². The van der Waals surface area contributed by atoms with Crippen molar-refractivity contribution in [2.75, 3.05) is 5.32 Å². The van der Waals surface area contributed by atoms with Crippen molar-refractivity contribution in [1.82, 2.24) is 10.2 Å². The van der Waals surface area contributed by atoms with Gasteiger partial charge < -0.3 is 25.4 Å². The standard InChI is InChI=1S/C34H43N3O5/c1-20(2)16-27(36-33(41)42-34(5,6)7)32(40)37(28-18-21(28)3)30(25-13-15-29(38)22(4)17-25)31(39)35-26-14-12-23-10-8-9-11-24(23)19-26/h8-15,17,19-21,27-28,30,38H,16,18H2,1-7H3,(H,35,39)(H,36,41). The molecule has 0 radical (unpaired) electrons. The highest BCUT2D eigenvalue weighted by Gasteiger charge is 2.48. The molecule has 3 aromatic carbocycles. The molecule has 0 saturated heterocycles. The Morgan fingerprint density at radius 3 is 2.29 bits per heavy atom. The maximum Gasteiger partial charge on any atom is 0.408 e. The van der Waals surface area contributed by atoms with Crippen LogP contribution in [0.25, 0.3) is 10.8 Å². The minimum Gasteiger partial charge on any atom is -0.508 e. The number of phenolic OH excluding ortho intramolecular Hbond substituents is 1. The highest BCUT2D eigenvalue weighted by atomic mass is 16.6. The number of aryl methyl sites for hydroxylation is 1. The highest BCUT2D eigenvalue weighted by Crippen LogP contribution is 2.42. The Hall–Kier alpha value is -4.07. The number of carbonyl (C=O) groups excluding carboxylic acids is 3. The predicted octanol–water partition coefficient (Wildman–Crippen LogP) is 6.71. The van der Waals surface area contributed by atoms with Gasteiger partial charge in [-0.3, -0.25) is 9.59 Å². The summed E-state index contributed by atoms with van der Waals surface area (Å²) in [5, 5.41) is 18.1. The van der Waals surface area contributed by atoms with Gasteiger partial charge in [-0.25, -0.2) is 4.79 Å². The van der Waals surface area contributed by atoms with Crippen molar-refractivity contribution in [2.45, 2.75) is 85.0 Å². The molecule has 3 N–H and O–H groups in total. The van der Waals surface area contributed by atoms with E-state index in [0.29, 0.717) is 23.2 Å². The van der Waals surface area contributed by atoms with Crippen LogP contribution in [0.15, 0.2) is 60.7 Å². The fourth-order valence-electron chi connectivity index (χ4n) is 5.26. The van der Waals surface area contributed by atoms with Gasteiger partial charge >= 0.3 is 6.09 Å². The van der Waals surface area contributed by atoms with Gasteiger partial charge in [0.25, 0.3) is 5.91 Å². The van der Waals surface area contributed by atoms with Gasteiger partial charge in [0.15, 0.2) is 0 Å². The number of nitrogens with one attached hydrogen (secondary N) is 2. The average Bonchev–Trinajstić information content (AvgIpc) is 3.62. The van der Waals surface area contributed by atoms with Crippen LogP contribution in [0.4, 0.5) is 10.5 Å². The molecule has 0 aromatic heterocycles. The third kappa shape index (κ3) is 7.60. The van der Waals surface area contributed by atoms with Crippen molar-refractivity contribution in [3.8, 4) is 5.75 Å². The molecule has 4 rings (SSSR count). The lowest BCUT2D eigenvalue weighted by Gasteiger charge is -2.35. The number of alkyl carbamates (subject to hydrolysis) is 1. The van der Waals surface area contributed by atoms with Gasteiger partial charge in [-0.05, 0) is 98.5 Å². The van der Waals surface area contributed by atoms with E-state index in [9.17, 15) is 19.5 Å². The fourth-order valence-corrected chi connectivity index (χ4v) is 5.26. The molecular formula is C34H43N3O5. The Morgan fingerprint density at radius 1 is 1.02 bits per heavy atom. The molecule has 0 heterocycles. The first-order valence-corrected chi connectivity index (χ1v) is 14.6. The molecule has 0 spiro atoms. The van der Waals surface area contributed by atoms with E-state index in [0.717, 1.165) is 17.2 Å². The monoisotopic (exact) mass is 573 g/mol. The molecule has 1 saturated carbocycles. The molecule has 0 bridgehead atoms. The third-order valence-corrected chi connectivity index (χ3v) is 7.46. The van der Waals surface area contributed by atoms with Crippen LogP contribution < -0.4 is 10.6 Å². The van der Waals surface area contributed by atoms with E-state index in [1.165, 1.54) is 0 Å². The van der Waals surface area contributed by atoms with Crippen molar-refractivity contribution in [3.05, 3.63) is 71.8 Å². The molecule has 8 nitrogen and oxygen atoms in total. The zero-order valence-electron chi connectivity index (χ0n) is 25.6. The minimum absolute atomic E-state index is 0.0909. The van der Waals surface area contributed by atoms with E-state index in [-0.39, 0.29) is 35.4 Å². The zero-order valence-corrected chi connectivity index (χ0v) is 25.6. The molecule has 224 valence electrons. The smallest absolute Gasteiger partial charge is 0.408 e. The molecule has 1 fully saturated rings. The summed E-state index contributed by atoms with van der Waals surface area (Å²) in [6, 6.07) is 16.5. The topological polar surface area (TPSA) is 108 Å². The average molecular weight is 574 g/mol. The number of amides is 3. The van der Waals surface area contributed by atoms with Crippen LogP contribution in [0.2, 0.25) is 0 Å². The Labute approximate surface area is 248 Å². The minimum atomic E-state index is -0.992. The quantitative estimate of drug-likeness (QED) is 0.264. The lowest BCUT2D eigenvalue weighted by molar-refractivity contribution is -0.142. The zero-order chi connectivity index (χ0) is 30.8. The van der Waals surface area contributed by atoms with Crippen molar-refractivity contribution in [1.29, 1.82) is 0 Å². The summed E-state index contributed by atoms with van der Waals surface area (Å²) in [5.74, 6) is -0.330. The number of anilines is 1. The SMILES string of the molecule is Cc1cc(C(C(=O)Nc2ccc3ccccc3c2)N(C(=O)C(CC(C)C)NC(=O)OC(C)(C)C)C2CC2C)ccc1O. The van der Waals surface area contributed by atoms with Crippen LogP contribution in [0.5, 0.6) is 5.75 Å². The van der Waals surface area contributed by atoms with Gasteiger partial charge in [0.05, 0.1) is 0 Å². The predicted molar refractivity (Wildman–Crippen MR) is 165 cm³/mol. The number of aromatic hydroxyl groups is 1. The molecule has 8 heteroatoms. The van der Waals surface area contributed by atoms with E-state index in [2.05, 4.69) is 10.6 Å². The van der Waals surface area contributed by atoms with Gasteiger partial charge in [0, 0.05) is 11.7 Å². The van der Waals surface area contributed by atoms with Gasteiger partial charge in [-0.15, -0.1) is 0 Å². The van der Waals surface area contributed by atoms with E-state index < -0.39 is 23.8 Å². The second-order valence-corrected chi connectivity index (χ2v) is 12.9. The number of ether oxygens (including phenoxy) is 1. The first-order valence-electron chi connectivity index (χ1n) is 14.6. The lowest BCUT2D eigenvalue weighted by atomic mass is 9.97. The van der Waals surface area contributed by atoms with E-state index >= 15 is 0 Å². The second kappa shape index (κ2) is 12.4. The molecule has 3 aromatic rings. The fraction of sp³-hybridized carbons (Fsp3) is 0.441. The number of benzene rings is 3. The molecule has 4 unspecified atom stereocenters. The summed E-state index contributed by atoms with van der Waals surface area (Å²) in [6.45, 7) is 13.1. The van der Waals surface area contributed by atoms with E-state index in [1.807, 2.05) is 63.2 Å². The number of hydrogen-bond acceptors (Lipinski definition) is 5. The van der Waals surface area contributed by atoms with Gasteiger partial charge in [-0.2, -0.15) is 0 Å². The van der Waals surface area contributed by atoms with Crippen LogP contribution in [0.1, 0.15) is 71.6 Å². The van der Waals surface area contributed by atoms with Crippen LogP contribution >= 0.6 is 0 Å². The summed E-state index contributed by atoms with van der Waals surface area (Å²) in [5.41, 5.74) is 1.06. The third-order valence-electron chi connectivity index (χ3n) is 7.46. The first kappa shape index (κ1) is 30.9. The Bertz CT molecular complexity index is 1460. The van der Waals surface area contributed by atoms with E-state index in [4.69, 9.17) is 4.74 Å². The molecule has 3 amide bonds. The van der Waals surface area contributed by atoms with Crippen LogP contribution in [0.3, 0.4) is 0 Å². The van der Waals surface area contributed by atoms with Crippen molar-refractivity contribution in [3.63, 3.8) is 0 Å². The Balaban J connectivity index is 1.74. The van der Waals surface area contributed by atoms with Crippen LogP contribution in [-0.2, 0) is 14.3 Å². The number of phenols is 1. The van der Waals surface area contributed by atoms with Gasteiger partial charge in [-0.1, -0.05) is 57.2 Å². The maximum atomic E-state index is 14.4. The number of hydrogen-bond donors (Lipinski definition) is 3. The summed E-state index contributed by atoms with van der Waals surface area (Å²) in [4.78, 5) is 43.1. The van der Waals surface area contributed by atoms with Gasteiger partial charge in [0.1, 0.15) is 23.4 Å². The van der Waals surface area contributed by atoms with Crippen LogP contribution in [-0.4, -0.2) is 45.6 Å². The Kier molecular flexibility index (Phi) is 9.14. The largest absolute Gasteiger partial charge is 0.508 e. The number of carbonyl (C=O) groups is 3. The first-order chi connectivity index (χ1) is 19.7. The maximum absolute atomic E-state index is 14.4. The summed E-state index contributed by atoms with van der Waals surface area (Å²) < 4.78 is 5.48. The van der Waals surface area contributed by atoms with Gasteiger partial charge in [0.2, 0.25) is 5.91 Å².